The lowest BCUT2D eigenvalue weighted by atomic mass is 10.1. The molecule has 0 bridgehead atoms. The zero-order chi connectivity index (χ0) is 15.2. The van der Waals surface area contributed by atoms with Crippen molar-refractivity contribution in [2.45, 2.75) is 13.0 Å². The van der Waals surface area contributed by atoms with E-state index in [4.69, 9.17) is 5.11 Å². The Kier molecular flexibility index (Phi) is 5.00. The van der Waals surface area contributed by atoms with Crippen LogP contribution in [0.1, 0.15) is 21.5 Å². The van der Waals surface area contributed by atoms with Crippen molar-refractivity contribution in [3.63, 3.8) is 0 Å². The lowest BCUT2D eigenvalue weighted by Crippen LogP contribution is -2.17. The number of hydrogen-bond donors (Lipinski definition) is 2. The quantitative estimate of drug-likeness (QED) is 0.804. The Labute approximate surface area is 121 Å². The first-order chi connectivity index (χ1) is 10.1. The molecule has 5 heteroatoms. The van der Waals surface area contributed by atoms with Crippen molar-refractivity contribution in [2.75, 3.05) is 6.54 Å². The highest BCUT2D eigenvalue weighted by molar-refractivity contribution is 5.87. The molecule has 0 saturated carbocycles. The average molecular weight is 291 g/mol. The van der Waals surface area contributed by atoms with Gasteiger partial charge in [0, 0.05) is 6.54 Å². The molecule has 0 fully saturated rings. The number of hydrogen-bond acceptors (Lipinski definition) is 2. The largest absolute Gasteiger partial charge is 0.478 e. The number of rotatable bonds is 6. The smallest absolute Gasteiger partial charge is 0.338 e. The van der Waals surface area contributed by atoms with Crippen LogP contribution in [0.5, 0.6) is 0 Å². The number of nitrogens with one attached hydrogen (secondary N) is 1. The summed E-state index contributed by atoms with van der Waals surface area (Å²) < 4.78 is 26.2. The van der Waals surface area contributed by atoms with Crippen LogP contribution in [-0.4, -0.2) is 17.6 Å². The van der Waals surface area contributed by atoms with Crippen LogP contribution in [-0.2, 0) is 13.0 Å². The third-order valence-corrected chi connectivity index (χ3v) is 3.10. The van der Waals surface area contributed by atoms with E-state index < -0.39 is 11.8 Å². The van der Waals surface area contributed by atoms with E-state index in [9.17, 15) is 13.6 Å². The second-order valence-corrected chi connectivity index (χ2v) is 4.67. The third kappa shape index (κ3) is 4.36. The van der Waals surface area contributed by atoms with Gasteiger partial charge in [-0.2, -0.15) is 0 Å². The molecule has 0 radical (unpaired) electrons. The predicted octanol–water partition coefficient (Wildman–Crippen LogP) is 3.00. The lowest BCUT2D eigenvalue weighted by Gasteiger charge is -2.06. The minimum absolute atomic E-state index is 0.263. The van der Waals surface area contributed by atoms with Gasteiger partial charge in [0.2, 0.25) is 0 Å². The van der Waals surface area contributed by atoms with Crippen LogP contribution in [0, 0.1) is 11.6 Å². The van der Waals surface area contributed by atoms with Gasteiger partial charge < -0.3 is 10.4 Å². The molecule has 0 heterocycles. The molecular weight excluding hydrogens is 276 g/mol. The van der Waals surface area contributed by atoms with Gasteiger partial charge in [0.25, 0.3) is 0 Å². The SMILES string of the molecule is O=C(O)c1ccc(CNCCc2ccc(F)cc2)cc1F. The monoisotopic (exact) mass is 291 g/mol. The highest BCUT2D eigenvalue weighted by atomic mass is 19.1. The summed E-state index contributed by atoms with van der Waals surface area (Å²) in [6, 6.07) is 10.3. The van der Waals surface area contributed by atoms with E-state index in [0.29, 0.717) is 18.7 Å². The highest BCUT2D eigenvalue weighted by Crippen LogP contribution is 2.10. The van der Waals surface area contributed by atoms with Crippen LogP contribution in [0.2, 0.25) is 0 Å². The van der Waals surface area contributed by atoms with Crippen LogP contribution in [0.15, 0.2) is 42.5 Å². The molecule has 0 aliphatic carbocycles. The van der Waals surface area contributed by atoms with Gasteiger partial charge in [-0.1, -0.05) is 18.2 Å². The maximum atomic E-state index is 13.5. The van der Waals surface area contributed by atoms with Crippen LogP contribution in [0.4, 0.5) is 8.78 Å². The van der Waals surface area contributed by atoms with E-state index >= 15 is 0 Å². The molecule has 0 atom stereocenters. The van der Waals surface area contributed by atoms with Gasteiger partial charge in [-0.3, -0.25) is 0 Å². The fraction of sp³-hybridized carbons (Fsp3) is 0.188. The fourth-order valence-corrected chi connectivity index (χ4v) is 1.96. The molecule has 0 aromatic heterocycles. The molecule has 21 heavy (non-hydrogen) atoms. The topological polar surface area (TPSA) is 49.3 Å². The van der Waals surface area contributed by atoms with Gasteiger partial charge in [-0.05, 0) is 48.4 Å². The molecule has 0 saturated heterocycles. The minimum Gasteiger partial charge on any atom is -0.478 e. The molecule has 2 rings (SSSR count). The molecule has 2 N–H and O–H groups in total. The van der Waals surface area contributed by atoms with Gasteiger partial charge in [-0.15, -0.1) is 0 Å². The Hall–Kier alpha value is -2.27. The predicted molar refractivity (Wildman–Crippen MR) is 75.2 cm³/mol. The summed E-state index contributed by atoms with van der Waals surface area (Å²) in [5, 5.41) is 11.9. The summed E-state index contributed by atoms with van der Waals surface area (Å²) >= 11 is 0. The van der Waals surface area contributed by atoms with E-state index in [1.807, 2.05) is 0 Å². The lowest BCUT2D eigenvalue weighted by molar-refractivity contribution is 0.0692. The molecule has 0 aliphatic heterocycles. The molecular formula is C16H15F2NO2. The minimum atomic E-state index is -1.27. The summed E-state index contributed by atoms with van der Waals surface area (Å²) in [5.74, 6) is -2.27. The number of halogens is 2. The molecule has 110 valence electrons. The summed E-state index contributed by atoms with van der Waals surface area (Å²) in [5.41, 5.74) is 1.36. The molecule has 2 aromatic carbocycles. The van der Waals surface area contributed by atoms with Crippen molar-refractivity contribution in [3.8, 4) is 0 Å². The van der Waals surface area contributed by atoms with Crippen molar-refractivity contribution in [3.05, 3.63) is 70.8 Å². The summed E-state index contributed by atoms with van der Waals surface area (Å²) in [7, 11) is 0. The zero-order valence-corrected chi connectivity index (χ0v) is 11.3. The number of benzene rings is 2. The molecule has 2 aromatic rings. The van der Waals surface area contributed by atoms with Crippen LogP contribution in [0.25, 0.3) is 0 Å². The van der Waals surface area contributed by atoms with Gasteiger partial charge in [-0.25, -0.2) is 13.6 Å². The van der Waals surface area contributed by atoms with Gasteiger partial charge >= 0.3 is 5.97 Å². The molecule has 0 spiro atoms. The van der Waals surface area contributed by atoms with Crippen molar-refractivity contribution in [2.24, 2.45) is 0 Å². The Balaban J connectivity index is 1.82. The maximum Gasteiger partial charge on any atom is 0.338 e. The fourth-order valence-electron chi connectivity index (χ4n) is 1.96. The Morgan fingerprint density at radius 1 is 1.05 bits per heavy atom. The van der Waals surface area contributed by atoms with E-state index in [1.54, 1.807) is 18.2 Å². The van der Waals surface area contributed by atoms with Gasteiger partial charge in [0.15, 0.2) is 0 Å². The second kappa shape index (κ2) is 6.95. The standard InChI is InChI=1S/C16H15F2NO2/c17-13-4-1-11(2-5-13)7-8-19-10-12-3-6-14(16(20)21)15(18)9-12/h1-6,9,19H,7-8,10H2,(H,20,21). The number of aromatic carboxylic acids is 1. The van der Waals surface area contributed by atoms with Crippen molar-refractivity contribution >= 4 is 5.97 Å². The number of carbonyl (C=O) groups is 1. The first kappa shape index (κ1) is 15.1. The maximum absolute atomic E-state index is 13.5. The van der Waals surface area contributed by atoms with E-state index in [2.05, 4.69) is 5.32 Å². The Bertz CT molecular complexity index is 627. The Morgan fingerprint density at radius 2 is 1.71 bits per heavy atom. The normalized spacial score (nSPS) is 10.6. The molecule has 3 nitrogen and oxygen atoms in total. The zero-order valence-electron chi connectivity index (χ0n) is 11.3. The third-order valence-electron chi connectivity index (χ3n) is 3.10. The second-order valence-electron chi connectivity index (χ2n) is 4.67. The summed E-state index contributed by atoms with van der Waals surface area (Å²) in [6.45, 7) is 1.10. The van der Waals surface area contributed by atoms with Crippen molar-refractivity contribution in [1.29, 1.82) is 0 Å². The van der Waals surface area contributed by atoms with Gasteiger partial charge in [0.1, 0.15) is 11.6 Å². The first-order valence-electron chi connectivity index (χ1n) is 6.53. The average Bonchev–Trinajstić information content (AvgIpc) is 2.45. The molecule has 0 aliphatic rings. The van der Waals surface area contributed by atoms with Crippen molar-refractivity contribution < 1.29 is 18.7 Å². The van der Waals surface area contributed by atoms with Crippen LogP contribution >= 0.6 is 0 Å². The summed E-state index contributed by atoms with van der Waals surface area (Å²) in [4.78, 5) is 10.7. The molecule has 0 unspecified atom stereocenters. The van der Waals surface area contributed by atoms with E-state index in [-0.39, 0.29) is 11.4 Å². The van der Waals surface area contributed by atoms with Gasteiger partial charge in [0.05, 0.1) is 5.56 Å². The van der Waals surface area contributed by atoms with Crippen LogP contribution < -0.4 is 5.32 Å². The van der Waals surface area contributed by atoms with E-state index in [0.717, 1.165) is 12.0 Å². The van der Waals surface area contributed by atoms with Crippen LogP contribution in [0.3, 0.4) is 0 Å². The van der Waals surface area contributed by atoms with E-state index in [1.165, 1.54) is 24.3 Å². The number of carboxylic acids is 1. The summed E-state index contributed by atoms with van der Waals surface area (Å²) in [6.07, 6.45) is 0.732. The highest BCUT2D eigenvalue weighted by Gasteiger charge is 2.09. The Morgan fingerprint density at radius 3 is 2.33 bits per heavy atom. The number of carboxylic acid groups (broad SMARTS) is 1. The first-order valence-corrected chi connectivity index (χ1v) is 6.53. The van der Waals surface area contributed by atoms with Crippen molar-refractivity contribution in [1.82, 2.24) is 5.32 Å². The molecule has 0 amide bonds.